The zero-order chi connectivity index (χ0) is 13.1. The van der Waals surface area contributed by atoms with Gasteiger partial charge in [-0.3, -0.25) is 10.1 Å². The smallest absolute Gasteiger partial charge is 0.324 e. The van der Waals surface area contributed by atoms with Gasteiger partial charge in [0.25, 0.3) is 0 Å². The molecular formula is C12H11FN2O2S. The summed E-state index contributed by atoms with van der Waals surface area (Å²) in [6.45, 7) is 2.14. The minimum absolute atomic E-state index is 0.114. The SMILES string of the molecule is Cc1c(F)cccc1NCc1ccc([N+](=O)[O-])s1. The van der Waals surface area contributed by atoms with E-state index in [-0.39, 0.29) is 10.8 Å². The Morgan fingerprint density at radius 3 is 2.83 bits per heavy atom. The maximum Gasteiger partial charge on any atom is 0.324 e. The zero-order valence-corrected chi connectivity index (χ0v) is 10.5. The van der Waals surface area contributed by atoms with Crippen molar-refractivity contribution in [2.24, 2.45) is 0 Å². The molecule has 0 bridgehead atoms. The second kappa shape index (κ2) is 5.14. The predicted octanol–water partition coefficient (Wildman–Crippen LogP) is 3.72. The number of hydrogen-bond donors (Lipinski definition) is 1. The monoisotopic (exact) mass is 266 g/mol. The summed E-state index contributed by atoms with van der Waals surface area (Å²) in [4.78, 5) is 11.0. The van der Waals surface area contributed by atoms with Crippen LogP contribution in [0.4, 0.5) is 15.1 Å². The fourth-order valence-electron chi connectivity index (χ4n) is 1.54. The van der Waals surface area contributed by atoms with Crippen LogP contribution >= 0.6 is 11.3 Å². The Morgan fingerprint density at radius 2 is 2.17 bits per heavy atom. The molecule has 2 aromatic rings. The second-order valence-corrected chi connectivity index (χ2v) is 4.91. The van der Waals surface area contributed by atoms with Crippen molar-refractivity contribution in [2.75, 3.05) is 5.32 Å². The van der Waals surface area contributed by atoms with Gasteiger partial charge in [-0.2, -0.15) is 0 Å². The van der Waals surface area contributed by atoms with Gasteiger partial charge in [0.2, 0.25) is 0 Å². The summed E-state index contributed by atoms with van der Waals surface area (Å²) in [6, 6.07) is 7.98. The zero-order valence-electron chi connectivity index (χ0n) is 9.64. The molecule has 94 valence electrons. The highest BCUT2D eigenvalue weighted by Crippen LogP contribution is 2.25. The maximum absolute atomic E-state index is 13.3. The van der Waals surface area contributed by atoms with Crippen LogP contribution < -0.4 is 5.32 Å². The van der Waals surface area contributed by atoms with Gasteiger partial charge in [-0.1, -0.05) is 17.4 Å². The van der Waals surface area contributed by atoms with Crippen LogP contribution in [-0.4, -0.2) is 4.92 Å². The summed E-state index contributed by atoms with van der Waals surface area (Å²) in [5.74, 6) is -0.267. The highest BCUT2D eigenvalue weighted by molar-refractivity contribution is 7.15. The fourth-order valence-corrected chi connectivity index (χ4v) is 2.30. The third-order valence-corrected chi connectivity index (χ3v) is 3.59. The van der Waals surface area contributed by atoms with Crippen LogP contribution in [0.2, 0.25) is 0 Å². The number of nitrogens with one attached hydrogen (secondary N) is 1. The van der Waals surface area contributed by atoms with E-state index in [1.54, 1.807) is 25.1 Å². The Labute approximate surface area is 107 Å². The largest absolute Gasteiger partial charge is 0.380 e. The lowest BCUT2D eigenvalue weighted by atomic mass is 10.2. The number of thiophene rings is 1. The lowest BCUT2D eigenvalue weighted by molar-refractivity contribution is -0.380. The van der Waals surface area contributed by atoms with Crippen molar-refractivity contribution < 1.29 is 9.31 Å². The lowest BCUT2D eigenvalue weighted by Crippen LogP contribution is -2.00. The molecule has 4 nitrogen and oxygen atoms in total. The van der Waals surface area contributed by atoms with Crippen LogP contribution in [0.3, 0.4) is 0 Å². The minimum atomic E-state index is -0.415. The van der Waals surface area contributed by atoms with Crippen LogP contribution in [0.1, 0.15) is 10.4 Å². The number of halogens is 1. The minimum Gasteiger partial charge on any atom is -0.380 e. The van der Waals surface area contributed by atoms with Crippen LogP contribution in [0.15, 0.2) is 30.3 Å². The lowest BCUT2D eigenvalue weighted by Gasteiger charge is -2.08. The van der Waals surface area contributed by atoms with Crippen LogP contribution in [0.25, 0.3) is 0 Å². The predicted molar refractivity (Wildman–Crippen MR) is 69.4 cm³/mol. The van der Waals surface area contributed by atoms with Crippen molar-refractivity contribution in [1.82, 2.24) is 0 Å². The fraction of sp³-hybridized carbons (Fsp3) is 0.167. The van der Waals surface area contributed by atoms with E-state index in [1.165, 1.54) is 12.1 Å². The Kier molecular flexibility index (Phi) is 3.57. The van der Waals surface area contributed by atoms with Crippen molar-refractivity contribution >= 4 is 22.0 Å². The van der Waals surface area contributed by atoms with Gasteiger partial charge in [-0.15, -0.1) is 0 Å². The van der Waals surface area contributed by atoms with Crippen molar-refractivity contribution in [2.45, 2.75) is 13.5 Å². The van der Waals surface area contributed by atoms with Crippen LogP contribution in [0, 0.1) is 22.9 Å². The summed E-state index contributed by atoms with van der Waals surface area (Å²) in [5, 5.41) is 13.7. The molecule has 1 aromatic carbocycles. The van der Waals surface area contributed by atoms with Crippen LogP contribution in [0.5, 0.6) is 0 Å². The highest BCUT2D eigenvalue weighted by Gasteiger charge is 2.10. The van der Waals surface area contributed by atoms with E-state index in [4.69, 9.17) is 0 Å². The molecular weight excluding hydrogens is 255 g/mol. The molecule has 0 radical (unpaired) electrons. The molecule has 0 aliphatic carbocycles. The standard InChI is InChI=1S/C12H11FN2O2S/c1-8-10(13)3-2-4-11(8)14-7-9-5-6-12(18-9)15(16)17/h2-6,14H,7H2,1H3. The first-order valence-corrected chi connectivity index (χ1v) is 6.11. The molecule has 0 fully saturated rings. The Balaban J connectivity index is 2.07. The molecule has 0 saturated carbocycles. The number of benzene rings is 1. The molecule has 1 aromatic heterocycles. The van der Waals surface area contributed by atoms with E-state index in [0.29, 0.717) is 17.8 Å². The first-order valence-electron chi connectivity index (χ1n) is 5.30. The molecule has 0 amide bonds. The number of anilines is 1. The number of nitrogens with zero attached hydrogens (tertiary/aromatic N) is 1. The quantitative estimate of drug-likeness (QED) is 0.678. The highest BCUT2D eigenvalue weighted by atomic mass is 32.1. The summed E-state index contributed by atoms with van der Waals surface area (Å²) in [7, 11) is 0. The number of hydrogen-bond acceptors (Lipinski definition) is 4. The van der Waals surface area contributed by atoms with Gasteiger partial charge in [0, 0.05) is 28.7 Å². The van der Waals surface area contributed by atoms with Crippen molar-refractivity contribution in [3.05, 3.63) is 56.7 Å². The van der Waals surface area contributed by atoms with Gasteiger partial charge in [0.15, 0.2) is 0 Å². The van der Waals surface area contributed by atoms with E-state index in [0.717, 1.165) is 16.2 Å². The Hall–Kier alpha value is -1.95. The molecule has 1 N–H and O–H groups in total. The first-order chi connectivity index (χ1) is 8.58. The molecule has 0 aliphatic heterocycles. The molecule has 1 heterocycles. The molecule has 0 spiro atoms. The van der Waals surface area contributed by atoms with E-state index in [9.17, 15) is 14.5 Å². The van der Waals surface area contributed by atoms with Crippen molar-refractivity contribution in [3.63, 3.8) is 0 Å². The molecule has 0 aliphatic rings. The number of rotatable bonds is 4. The molecule has 18 heavy (non-hydrogen) atoms. The van der Waals surface area contributed by atoms with E-state index >= 15 is 0 Å². The number of nitro groups is 1. The molecule has 0 unspecified atom stereocenters. The Morgan fingerprint density at radius 1 is 1.39 bits per heavy atom. The third-order valence-electron chi connectivity index (χ3n) is 2.55. The van der Waals surface area contributed by atoms with Gasteiger partial charge in [0.1, 0.15) is 5.82 Å². The normalized spacial score (nSPS) is 10.3. The third kappa shape index (κ3) is 2.65. The van der Waals surface area contributed by atoms with Crippen molar-refractivity contribution in [1.29, 1.82) is 0 Å². The summed E-state index contributed by atoms with van der Waals surface area (Å²) in [6.07, 6.45) is 0. The van der Waals surface area contributed by atoms with E-state index < -0.39 is 4.92 Å². The second-order valence-electron chi connectivity index (χ2n) is 3.76. The average molecular weight is 266 g/mol. The summed E-state index contributed by atoms with van der Waals surface area (Å²) in [5.41, 5.74) is 1.25. The molecule has 0 atom stereocenters. The van der Waals surface area contributed by atoms with Gasteiger partial charge < -0.3 is 5.32 Å². The van der Waals surface area contributed by atoms with Gasteiger partial charge in [0.05, 0.1) is 4.92 Å². The van der Waals surface area contributed by atoms with Gasteiger partial charge in [-0.05, 0) is 25.1 Å². The van der Waals surface area contributed by atoms with Crippen LogP contribution in [-0.2, 0) is 6.54 Å². The van der Waals surface area contributed by atoms with Crippen molar-refractivity contribution in [3.8, 4) is 0 Å². The molecule has 0 saturated heterocycles. The summed E-state index contributed by atoms with van der Waals surface area (Å²) < 4.78 is 13.3. The topological polar surface area (TPSA) is 55.2 Å². The molecule has 6 heteroatoms. The van der Waals surface area contributed by atoms with E-state index in [1.807, 2.05) is 0 Å². The Bertz CT molecular complexity index is 583. The van der Waals surface area contributed by atoms with Gasteiger partial charge in [-0.25, -0.2) is 4.39 Å². The molecule has 2 rings (SSSR count). The van der Waals surface area contributed by atoms with Gasteiger partial charge >= 0.3 is 5.00 Å². The summed E-state index contributed by atoms with van der Waals surface area (Å²) >= 11 is 1.11. The first kappa shape index (κ1) is 12.5. The maximum atomic E-state index is 13.3. The average Bonchev–Trinajstić information content (AvgIpc) is 2.80. The van der Waals surface area contributed by atoms with E-state index in [2.05, 4.69) is 5.32 Å².